The maximum absolute atomic E-state index is 5.30. The van der Waals surface area contributed by atoms with E-state index in [4.69, 9.17) is 9.97 Å². The van der Waals surface area contributed by atoms with Gasteiger partial charge in [-0.25, -0.2) is 9.97 Å². The molecule has 0 aliphatic carbocycles. The third-order valence-electron chi connectivity index (χ3n) is 7.15. The Labute approximate surface area is 216 Å². The summed E-state index contributed by atoms with van der Waals surface area (Å²) in [4.78, 5) is 12.8. The van der Waals surface area contributed by atoms with Crippen molar-refractivity contribution >= 4 is 28.2 Å². The Morgan fingerprint density at radius 1 is 0.514 bits per heavy atom. The van der Waals surface area contributed by atoms with Crippen molar-refractivity contribution in [2.45, 2.75) is 12.8 Å². The number of hydrogen-bond donors (Lipinski definition) is 0. The van der Waals surface area contributed by atoms with Crippen molar-refractivity contribution in [1.29, 1.82) is 0 Å². The summed E-state index contributed by atoms with van der Waals surface area (Å²) in [6.45, 7) is 0. The molecular formula is C34H25N3. The van der Waals surface area contributed by atoms with Crippen molar-refractivity contribution in [3.8, 4) is 22.4 Å². The minimum Gasteiger partial charge on any atom is -0.278 e. The molecule has 0 amide bonds. The molecule has 0 spiro atoms. The molecule has 0 fully saturated rings. The molecule has 0 saturated heterocycles. The van der Waals surface area contributed by atoms with Gasteiger partial charge in [0.25, 0.3) is 0 Å². The number of aryl methyl sites for hydroxylation is 2. The van der Waals surface area contributed by atoms with Crippen LogP contribution in [0, 0.1) is 0 Å². The first-order valence-corrected chi connectivity index (χ1v) is 12.7. The van der Waals surface area contributed by atoms with Crippen molar-refractivity contribution in [1.82, 2.24) is 9.97 Å². The third-order valence-corrected chi connectivity index (χ3v) is 7.15. The fourth-order valence-electron chi connectivity index (χ4n) is 5.30. The zero-order valence-corrected chi connectivity index (χ0v) is 20.4. The molecule has 0 atom stereocenters. The van der Waals surface area contributed by atoms with Gasteiger partial charge >= 0.3 is 0 Å². The Kier molecular flexibility index (Phi) is 5.25. The highest BCUT2D eigenvalue weighted by Gasteiger charge is 2.25. The molecule has 0 N–H and O–H groups in total. The predicted octanol–water partition coefficient (Wildman–Crippen LogP) is 8.53. The summed E-state index contributed by atoms with van der Waals surface area (Å²) in [5.74, 6) is 1.83. The Morgan fingerprint density at radius 3 is 2.08 bits per heavy atom. The van der Waals surface area contributed by atoms with Crippen LogP contribution in [0.4, 0.5) is 17.3 Å². The van der Waals surface area contributed by atoms with E-state index in [2.05, 4.69) is 126 Å². The van der Waals surface area contributed by atoms with Gasteiger partial charge < -0.3 is 0 Å². The molecule has 176 valence electrons. The van der Waals surface area contributed by atoms with E-state index in [-0.39, 0.29) is 0 Å². The molecule has 4 aromatic carbocycles. The van der Waals surface area contributed by atoms with Gasteiger partial charge in [-0.3, -0.25) is 4.90 Å². The first-order valence-electron chi connectivity index (χ1n) is 12.7. The lowest BCUT2D eigenvalue weighted by Gasteiger charge is -2.26. The number of para-hydroxylation sites is 2. The summed E-state index contributed by atoms with van der Waals surface area (Å²) < 4.78 is 0. The van der Waals surface area contributed by atoms with Crippen LogP contribution in [-0.2, 0) is 12.8 Å². The molecule has 1 aliphatic rings. The van der Waals surface area contributed by atoms with Crippen LogP contribution in [0.15, 0.2) is 127 Å². The first-order chi connectivity index (χ1) is 18.3. The van der Waals surface area contributed by atoms with Crippen LogP contribution in [0.5, 0.6) is 0 Å². The molecule has 1 aliphatic heterocycles. The van der Waals surface area contributed by atoms with Crippen molar-refractivity contribution in [3.63, 3.8) is 0 Å². The smallest absolute Gasteiger partial charge is 0.142 e. The largest absolute Gasteiger partial charge is 0.278 e. The van der Waals surface area contributed by atoms with Gasteiger partial charge in [0.15, 0.2) is 0 Å². The number of pyridine rings is 2. The second-order valence-corrected chi connectivity index (χ2v) is 9.42. The van der Waals surface area contributed by atoms with Gasteiger partial charge in [0.05, 0.1) is 16.9 Å². The maximum atomic E-state index is 5.30. The topological polar surface area (TPSA) is 29.0 Å². The van der Waals surface area contributed by atoms with Gasteiger partial charge in [-0.05, 0) is 53.8 Å². The number of benzene rings is 4. The number of nitrogens with zero attached hydrogens (tertiary/aromatic N) is 3. The summed E-state index contributed by atoms with van der Waals surface area (Å²) >= 11 is 0. The standard InChI is InChI=1S/C34H25N3/c1-3-10-24(11-4-1)29-16-9-15-27-21-23-32(36-33(27)29)37-31-17-8-7-14-26(31)18-19-28-20-22-30(35-34(28)37)25-12-5-2-6-13-25/h1-17,20-23H,18-19H2. The molecule has 3 nitrogen and oxygen atoms in total. The zero-order valence-electron chi connectivity index (χ0n) is 20.4. The second-order valence-electron chi connectivity index (χ2n) is 9.42. The lowest BCUT2D eigenvalue weighted by atomic mass is 10.0. The normalized spacial score (nSPS) is 12.6. The van der Waals surface area contributed by atoms with Crippen LogP contribution >= 0.6 is 0 Å². The summed E-state index contributed by atoms with van der Waals surface area (Å²) in [6.07, 6.45) is 1.91. The summed E-state index contributed by atoms with van der Waals surface area (Å²) in [7, 11) is 0. The average molecular weight is 476 g/mol. The highest BCUT2D eigenvalue weighted by Crippen LogP contribution is 2.41. The SMILES string of the molecule is c1ccc(-c2ccc3c(n2)N(c2ccc4cccc(-c5ccccc5)c4n2)c2ccccc2CC3)cc1. The Bertz CT molecular complexity index is 1730. The van der Waals surface area contributed by atoms with Crippen molar-refractivity contribution in [3.05, 3.63) is 139 Å². The van der Waals surface area contributed by atoms with E-state index in [1.807, 2.05) is 6.07 Å². The highest BCUT2D eigenvalue weighted by molar-refractivity contribution is 5.95. The Balaban J connectivity index is 1.47. The zero-order chi connectivity index (χ0) is 24.6. The van der Waals surface area contributed by atoms with E-state index in [0.717, 1.165) is 57.9 Å². The Hall–Kier alpha value is -4.76. The first kappa shape index (κ1) is 21.5. The number of anilines is 3. The molecular weight excluding hydrogens is 450 g/mol. The number of rotatable bonds is 3. The van der Waals surface area contributed by atoms with E-state index < -0.39 is 0 Å². The molecule has 0 unspecified atom stereocenters. The van der Waals surface area contributed by atoms with Crippen molar-refractivity contribution in [2.24, 2.45) is 0 Å². The van der Waals surface area contributed by atoms with Crippen LogP contribution in [0.3, 0.4) is 0 Å². The minimum atomic E-state index is 0.879. The molecule has 0 bridgehead atoms. The number of aromatic nitrogens is 2. The molecule has 7 rings (SSSR count). The molecule has 6 aromatic rings. The molecule has 0 saturated carbocycles. The van der Waals surface area contributed by atoms with Gasteiger partial charge in [0.1, 0.15) is 11.6 Å². The molecule has 2 aromatic heterocycles. The second kappa shape index (κ2) is 9.03. The summed E-state index contributed by atoms with van der Waals surface area (Å²) in [5.41, 5.74) is 9.05. The van der Waals surface area contributed by atoms with Crippen LogP contribution in [0.25, 0.3) is 33.3 Å². The fraction of sp³-hybridized carbons (Fsp3) is 0.0588. The van der Waals surface area contributed by atoms with Crippen LogP contribution < -0.4 is 4.90 Å². The predicted molar refractivity (Wildman–Crippen MR) is 153 cm³/mol. The lowest BCUT2D eigenvalue weighted by Crippen LogP contribution is -2.15. The van der Waals surface area contributed by atoms with Crippen LogP contribution in [0.2, 0.25) is 0 Å². The van der Waals surface area contributed by atoms with Crippen molar-refractivity contribution in [2.75, 3.05) is 4.90 Å². The maximum Gasteiger partial charge on any atom is 0.142 e. The third kappa shape index (κ3) is 3.85. The Morgan fingerprint density at radius 2 is 1.24 bits per heavy atom. The summed E-state index contributed by atoms with van der Waals surface area (Å²) in [6, 6.07) is 44.6. The van der Waals surface area contributed by atoms with Gasteiger partial charge in [0.2, 0.25) is 0 Å². The fourth-order valence-corrected chi connectivity index (χ4v) is 5.30. The average Bonchev–Trinajstić information content (AvgIpc) is 3.14. The molecule has 0 radical (unpaired) electrons. The van der Waals surface area contributed by atoms with E-state index in [0.29, 0.717) is 0 Å². The van der Waals surface area contributed by atoms with Gasteiger partial charge in [-0.1, -0.05) is 103 Å². The number of fused-ring (bicyclic) bond motifs is 3. The van der Waals surface area contributed by atoms with Crippen LogP contribution in [0.1, 0.15) is 11.1 Å². The van der Waals surface area contributed by atoms with E-state index in [9.17, 15) is 0 Å². The van der Waals surface area contributed by atoms with E-state index in [1.54, 1.807) is 0 Å². The van der Waals surface area contributed by atoms with E-state index in [1.165, 1.54) is 16.7 Å². The van der Waals surface area contributed by atoms with Gasteiger partial charge in [-0.2, -0.15) is 0 Å². The van der Waals surface area contributed by atoms with Gasteiger partial charge in [-0.15, -0.1) is 0 Å². The molecule has 3 heteroatoms. The van der Waals surface area contributed by atoms with Crippen LogP contribution in [-0.4, -0.2) is 9.97 Å². The van der Waals surface area contributed by atoms with Gasteiger partial charge in [0, 0.05) is 16.5 Å². The number of hydrogen-bond acceptors (Lipinski definition) is 3. The highest BCUT2D eigenvalue weighted by atomic mass is 15.2. The minimum absolute atomic E-state index is 0.879. The van der Waals surface area contributed by atoms with E-state index >= 15 is 0 Å². The monoisotopic (exact) mass is 475 g/mol. The lowest BCUT2D eigenvalue weighted by molar-refractivity contribution is 0.971. The molecule has 37 heavy (non-hydrogen) atoms. The summed E-state index contributed by atoms with van der Waals surface area (Å²) in [5, 5.41) is 1.12. The van der Waals surface area contributed by atoms with Crippen molar-refractivity contribution < 1.29 is 0 Å². The quantitative estimate of drug-likeness (QED) is 0.257. The molecule has 3 heterocycles.